The molecule has 0 aliphatic carbocycles. The smallest absolute Gasteiger partial charge is 0.123 e. The second-order valence-electron chi connectivity index (χ2n) is 4.57. The first-order valence-electron chi connectivity index (χ1n) is 6.17. The summed E-state index contributed by atoms with van der Waals surface area (Å²) >= 11 is 0. The van der Waals surface area contributed by atoms with Gasteiger partial charge in [0.2, 0.25) is 0 Å². The van der Waals surface area contributed by atoms with Crippen LogP contribution < -0.4 is 0 Å². The first-order valence-corrected chi connectivity index (χ1v) is 6.17. The predicted molar refractivity (Wildman–Crippen MR) is 70.8 cm³/mol. The summed E-state index contributed by atoms with van der Waals surface area (Å²) in [5.74, 6) is -0.0415. The molecule has 2 rings (SSSR count). The standard InChI is InChI=1S/C16H17FO/c17-16-8-6-14(7-9-16)11-15(12-18)10-13-4-2-1-3-5-13/h1-9,15,18H,10-12H2. The van der Waals surface area contributed by atoms with Crippen molar-refractivity contribution >= 4 is 0 Å². The number of hydrogen-bond acceptors (Lipinski definition) is 1. The monoisotopic (exact) mass is 244 g/mol. The Morgan fingerprint density at radius 3 is 1.94 bits per heavy atom. The van der Waals surface area contributed by atoms with E-state index < -0.39 is 0 Å². The molecule has 0 saturated heterocycles. The largest absolute Gasteiger partial charge is 0.396 e. The Bertz CT molecular complexity index is 464. The van der Waals surface area contributed by atoms with Crippen LogP contribution in [0.1, 0.15) is 11.1 Å². The Morgan fingerprint density at radius 2 is 1.39 bits per heavy atom. The molecule has 0 spiro atoms. The molecule has 2 aromatic carbocycles. The Labute approximate surface area is 107 Å². The zero-order chi connectivity index (χ0) is 12.8. The van der Waals surface area contributed by atoms with Gasteiger partial charge in [-0.25, -0.2) is 4.39 Å². The van der Waals surface area contributed by atoms with Crippen LogP contribution in [0.2, 0.25) is 0 Å². The van der Waals surface area contributed by atoms with Crippen LogP contribution >= 0.6 is 0 Å². The first-order chi connectivity index (χ1) is 8.78. The van der Waals surface area contributed by atoms with E-state index >= 15 is 0 Å². The molecule has 94 valence electrons. The van der Waals surface area contributed by atoms with E-state index in [4.69, 9.17) is 0 Å². The Balaban J connectivity index is 1.99. The summed E-state index contributed by atoms with van der Waals surface area (Å²) in [5.41, 5.74) is 2.28. The fourth-order valence-corrected chi connectivity index (χ4v) is 2.10. The van der Waals surface area contributed by atoms with E-state index in [0.717, 1.165) is 18.4 Å². The van der Waals surface area contributed by atoms with E-state index in [0.29, 0.717) is 0 Å². The third kappa shape index (κ3) is 3.67. The van der Waals surface area contributed by atoms with Gasteiger partial charge in [0.15, 0.2) is 0 Å². The van der Waals surface area contributed by atoms with Crippen molar-refractivity contribution in [2.75, 3.05) is 6.61 Å². The summed E-state index contributed by atoms with van der Waals surface area (Å²) in [4.78, 5) is 0. The molecular formula is C16H17FO. The van der Waals surface area contributed by atoms with Crippen molar-refractivity contribution < 1.29 is 9.50 Å². The minimum absolute atomic E-state index is 0.145. The van der Waals surface area contributed by atoms with E-state index in [9.17, 15) is 9.50 Å². The van der Waals surface area contributed by atoms with Crippen LogP contribution in [0.15, 0.2) is 54.6 Å². The van der Waals surface area contributed by atoms with E-state index in [2.05, 4.69) is 12.1 Å². The lowest BCUT2D eigenvalue weighted by Gasteiger charge is -2.14. The maximum absolute atomic E-state index is 12.8. The summed E-state index contributed by atoms with van der Waals surface area (Å²) in [6.07, 6.45) is 1.61. The van der Waals surface area contributed by atoms with E-state index in [1.165, 1.54) is 17.7 Å². The molecule has 18 heavy (non-hydrogen) atoms. The summed E-state index contributed by atoms with van der Waals surface area (Å²) in [6, 6.07) is 16.6. The predicted octanol–water partition coefficient (Wildman–Crippen LogP) is 3.22. The van der Waals surface area contributed by atoms with Gasteiger partial charge < -0.3 is 5.11 Å². The normalized spacial score (nSPS) is 12.3. The molecule has 1 nitrogen and oxygen atoms in total. The molecule has 1 atom stereocenters. The molecule has 0 aliphatic heterocycles. The van der Waals surface area contributed by atoms with Crippen LogP contribution in [-0.4, -0.2) is 11.7 Å². The SMILES string of the molecule is OCC(Cc1ccccc1)Cc1ccc(F)cc1. The van der Waals surface area contributed by atoms with Crippen LogP contribution in [0.4, 0.5) is 4.39 Å². The summed E-state index contributed by atoms with van der Waals surface area (Å²) in [6.45, 7) is 0.145. The number of halogens is 1. The van der Waals surface area contributed by atoms with Gasteiger partial charge in [0, 0.05) is 6.61 Å². The van der Waals surface area contributed by atoms with E-state index in [1.54, 1.807) is 12.1 Å². The molecule has 0 bridgehead atoms. The van der Waals surface area contributed by atoms with E-state index in [-0.39, 0.29) is 18.3 Å². The highest BCUT2D eigenvalue weighted by molar-refractivity contribution is 5.19. The number of benzene rings is 2. The van der Waals surface area contributed by atoms with Gasteiger partial charge in [-0.1, -0.05) is 42.5 Å². The molecule has 1 N–H and O–H groups in total. The lowest BCUT2D eigenvalue weighted by Crippen LogP contribution is -2.12. The van der Waals surface area contributed by atoms with Gasteiger partial charge in [0.1, 0.15) is 5.82 Å². The molecule has 0 heterocycles. The van der Waals surface area contributed by atoms with Gasteiger partial charge in [-0.05, 0) is 42.0 Å². The van der Waals surface area contributed by atoms with E-state index in [1.807, 2.05) is 18.2 Å². The summed E-state index contributed by atoms with van der Waals surface area (Å²) < 4.78 is 12.8. The van der Waals surface area contributed by atoms with Crippen molar-refractivity contribution in [3.8, 4) is 0 Å². The highest BCUT2D eigenvalue weighted by atomic mass is 19.1. The zero-order valence-electron chi connectivity index (χ0n) is 10.2. The lowest BCUT2D eigenvalue weighted by atomic mass is 9.93. The van der Waals surface area contributed by atoms with Crippen LogP contribution in [0.3, 0.4) is 0 Å². The number of rotatable bonds is 5. The average Bonchev–Trinajstić information content (AvgIpc) is 2.41. The van der Waals surface area contributed by atoms with Gasteiger partial charge >= 0.3 is 0 Å². The average molecular weight is 244 g/mol. The van der Waals surface area contributed by atoms with Crippen molar-refractivity contribution in [3.63, 3.8) is 0 Å². The third-order valence-electron chi connectivity index (χ3n) is 3.06. The molecular weight excluding hydrogens is 227 g/mol. The Hall–Kier alpha value is -1.67. The second-order valence-corrected chi connectivity index (χ2v) is 4.57. The number of aliphatic hydroxyl groups is 1. The fraction of sp³-hybridized carbons (Fsp3) is 0.250. The maximum Gasteiger partial charge on any atom is 0.123 e. The Morgan fingerprint density at radius 1 is 0.833 bits per heavy atom. The topological polar surface area (TPSA) is 20.2 Å². The van der Waals surface area contributed by atoms with Gasteiger partial charge in [0.25, 0.3) is 0 Å². The molecule has 0 saturated carbocycles. The molecule has 0 aromatic heterocycles. The fourth-order valence-electron chi connectivity index (χ4n) is 2.10. The lowest BCUT2D eigenvalue weighted by molar-refractivity contribution is 0.225. The van der Waals surface area contributed by atoms with Crippen molar-refractivity contribution in [2.45, 2.75) is 12.8 Å². The summed E-state index contributed by atoms with van der Waals surface area (Å²) in [7, 11) is 0. The molecule has 0 fully saturated rings. The minimum atomic E-state index is -0.220. The van der Waals surface area contributed by atoms with Crippen molar-refractivity contribution in [2.24, 2.45) is 5.92 Å². The van der Waals surface area contributed by atoms with Gasteiger partial charge in [-0.15, -0.1) is 0 Å². The third-order valence-corrected chi connectivity index (χ3v) is 3.06. The molecule has 0 radical (unpaired) electrons. The van der Waals surface area contributed by atoms with Crippen LogP contribution in [-0.2, 0) is 12.8 Å². The van der Waals surface area contributed by atoms with Crippen LogP contribution in [0, 0.1) is 11.7 Å². The molecule has 1 unspecified atom stereocenters. The Kier molecular flexibility index (Phi) is 4.48. The second kappa shape index (κ2) is 6.31. The molecule has 2 heteroatoms. The molecule has 0 amide bonds. The zero-order valence-corrected chi connectivity index (χ0v) is 10.2. The van der Waals surface area contributed by atoms with Gasteiger partial charge in [-0.3, -0.25) is 0 Å². The highest BCUT2D eigenvalue weighted by Gasteiger charge is 2.09. The molecule has 0 aliphatic rings. The van der Waals surface area contributed by atoms with Crippen molar-refractivity contribution in [1.82, 2.24) is 0 Å². The van der Waals surface area contributed by atoms with Crippen molar-refractivity contribution in [3.05, 3.63) is 71.5 Å². The van der Waals surface area contributed by atoms with Gasteiger partial charge in [0.05, 0.1) is 0 Å². The van der Waals surface area contributed by atoms with Gasteiger partial charge in [-0.2, -0.15) is 0 Å². The summed E-state index contributed by atoms with van der Waals surface area (Å²) in [5, 5.41) is 9.43. The highest BCUT2D eigenvalue weighted by Crippen LogP contribution is 2.14. The van der Waals surface area contributed by atoms with Crippen LogP contribution in [0.5, 0.6) is 0 Å². The van der Waals surface area contributed by atoms with Crippen LogP contribution in [0.25, 0.3) is 0 Å². The quantitative estimate of drug-likeness (QED) is 0.856. The minimum Gasteiger partial charge on any atom is -0.396 e. The number of aliphatic hydroxyl groups excluding tert-OH is 1. The van der Waals surface area contributed by atoms with Crippen molar-refractivity contribution in [1.29, 1.82) is 0 Å². The first kappa shape index (κ1) is 12.8. The number of hydrogen-bond donors (Lipinski definition) is 1. The molecule has 2 aromatic rings. The maximum atomic E-state index is 12.8.